The van der Waals surface area contributed by atoms with Crippen molar-refractivity contribution in [2.45, 2.75) is 45.2 Å². The van der Waals surface area contributed by atoms with Crippen LogP contribution in [-0.4, -0.2) is 59.6 Å². The Kier molecular flexibility index (Phi) is 6.94. The van der Waals surface area contributed by atoms with Crippen molar-refractivity contribution in [1.29, 1.82) is 0 Å². The van der Waals surface area contributed by atoms with Gasteiger partial charge in [-0.25, -0.2) is 0 Å². The van der Waals surface area contributed by atoms with E-state index in [1.165, 1.54) is 0 Å². The zero-order chi connectivity index (χ0) is 25.9. The second-order valence-electron chi connectivity index (χ2n) is 9.52. The molecular weight excluding hydrogens is 472 g/mol. The van der Waals surface area contributed by atoms with Crippen LogP contribution in [0.1, 0.15) is 51.3 Å². The molecule has 1 aromatic heterocycles. The molecule has 3 heterocycles. The molecule has 1 fully saturated rings. The number of hydrogen-bond acceptors (Lipinski definition) is 6. The normalized spacial score (nSPS) is 20.3. The molecule has 3 aromatic rings. The van der Waals surface area contributed by atoms with Crippen molar-refractivity contribution < 1.29 is 23.6 Å². The molecule has 0 spiro atoms. The summed E-state index contributed by atoms with van der Waals surface area (Å²) in [6, 6.07) is 14.1. The van der Waals surface area contributed by atoms with Crippen LogP contribution < -0.4 is 15.4 Å². The fourth-order valence-corrected chi connectivity index (χ4v) is 5.09. The van der Waals surface area contributed by atoms with Crippen LogP contribution in [-0.2, 0) is 4.79 Å². The van der Waals surface area contributed by atoms with Gasteiger partial charge in [-0.05, 0) is 44.4 Å². The second kappa shape index (κ2) is 10.5. The summed E-state index contributed by atoms with van der Waals surface area (Å²) in [6.07, 6.45) is 1.47. The molecule has 0 aliphatic carbocycles. The van der Waals surface area contributed by atoms with Gasteiger partial charge in [0.05, 0.1) is 6.54 Å². The first kappa shape index (κ1) is 24.5. The molecule has 3 amide bonds. The van der Waals surface area contributed by atoms with E-state index >= 15 is 0 Å². The first-order valence-corrected chi connectivity index (χ1v) is 12.5. The van der Waals surface area contributed by atoms with E-state index < -0.39 is 0 Å². The Bertz CT molecular complexity index is 1320. The first-order valence-electron chi connectivity index (χ1n) is 12.5. The van der Waals surface area contributed by atoms with E-state index in [2.05, 4.69) is 15.8 Å². The highest BCUT2D eigenvalue weighted by molar-refractivity contribution is 6.01. The van der Waals surface area contributed by atoms with E-state index in [1.54, 1.807) is 24.0 Å². The van der Waals surface area contributed by atoms with Gasteiger partial charge in [0.2, 0.25) is 5.91 Å². The summed E-state index contributed by atoms with van der Waals surface area (Å²) < 4.78 is 11.3. The Hall–Kier alpha value is -4.14. The lowest BCUT2D eigenvalue weighted by molar-refractivity contribution is -0.122. The van der Waals surface area contributed by atoms with Crippen molar-refractivity contribution in [3.63, 3.8) is 0 Å². The summed E-state index contributed by atoms with van der Waals surface area (Å²) in [5, 5.41) is 10.1. The van der Waals surface area contributed by atoms with Crippen LogP contribution in [0.15, 0.2) is 53.1 Å². The Morgan fingerprint density at radius 3 is 2.59 bits per heavy atom. The van der Waals surface area contributed by atoms with Gasteiger partial charge in [0.1, 0.15) is 29.4 Å². The average Bonchev–Trinajstić information content (AvgIpc) is 3.48. The SMILES string of the molecule is Cc1ccc2cc1OCCNC(=O)C[C@@H]1CC[C@H](CNC2=O)N1C(=O)c1c(-c2ccccc2)noc1C. The van der Waals surface area contributed by atoms with Gasteiger partial charge < -0.3 is 24.8 Å². The van der Waals surface area contributed by atoms with Crippen LogP contribution >= 0.6 is 0 Å². The Morgan fingerprint density at radius 2 is 1.78 bits per heavy atom. The molecule has 5 rings (SSSR count). The van der Waals surface area contributed by atoms with Gasteiger partial charge in [0.25, 0.3) is 11.8 Å². The standard InChI is InChI=1S/C28H30N4O5/c1-17-8-9-20-14-23(17)36-13-12-29-24(33)15-21-10-11-22(16-30-27(20)34)32(21)28(35)25-18(2)37-31-26(25)19-6-4-3-5-7-19/h3-9,14,21-22H,10-13,15-16H2,1-2H3,(H,29,33)(H,30,34)/t21-,22+/m0/s1. The molecule has 0 unspecified atom stereocenters. The fourth-order valence-electron chi connectivity index (χ4n) is 5.09. The minimum absolute atomic E-state index is 0.151. The van der Waals surface area contributed by atoms with Gasteiger partial charge >= 0.3 is 0 Å². The molecule has 2 N–H and O–H groups in total. The van der Waals surface area contributed by atoms with Crippen LogP contribution in [0.2, 0.25) is 0 Å². The number of amides is 3. The van der Waals surface area contributed by atoms with Crippen molar-refractivity contribution in [3.8, 4) is 17.0 Å². The summed E-state index contributed by atoms with van der Waals surface area (Å²) in [7, 11) is 0. The highest BCUT2D eigenvalue weighted by atomic mass is 16.5. The number of carbonyl (C=O) groups is 3. The van der Waals surface area contributed by atoms with E-state index in [1.807, 2.05) is 43.3 Å². The predicted molar refractivity (Wildman–Crippen MR) is 136 cm³/mol. The van der Waals surface area contributed by atoms with Gasteiger partial charge in [-0.3, -0.25) is 14.4 Å². The van der Waals surface area contributed by atoms with Crippen molar-refractivity contribution in [3.05, 3.63) is 71.0 Å². The Balaban J connectivity index is 1.47. The molecule has 1 saturated heterocycles. The summed E-state index contributed by atoms with van der Waals surface area (Å²) in [5.74, 6) is 0.374. The summed E-state index contributed by atoms with van der Waals surface area (Å²) >= 11 is 0. The minimum atomic E-state index is -0.318. The lowest BCUT2D eigenvalue weighted by Crippen LogP contribution is -2.48. The number of aryl methyl sites for hydroxylation is 2. The van der Waals surface area contributed by atoms with Crippen molar-refractivity contribution in [2.75, 3.05) is 19.7 Å². The number of hydrogen-bond donors (Lipinski definition) is 2. The number of benzene rings is 2. The quantitative estimate of drug-likeness (QED) is 0.556. The second-order valence-corrected chi connectivity index (χ2v) is 9.52. The molecule has 4 bridgehead atoms. The molecule has 37 heavy (non-hydrogen) atoms. The summed E-state index contributed by atoms with van der Waals surface area (Å²) in [4.78, 5) is 41.6. The highest BCUT2D eigenvalue weighted by Crippen LogP contribution is 2.33. The molecule has 9 heteroatoms. The molecule has 0 radical (unpaired) electrons. The lowest BCUT2D eigenvalue weighted by atomic mass is 10.0. The Labute approximate surface area is 215 Å². The number of aromatic nitrogens is 1. The van der Waals surface area contributed by atoms with Gasteiger partial charge in [-0.15, -0.1) is 0 Å². The van der Waals surface area contributed by atoms with E-state index in [9.17, 15) is 14.4 Å². The molecule has 2 aliphatic heterocycles. The number of fused-ring (bicyclic) bond motifs is 4. The van der Waals surface area contributed by atoms with Crippen LogP contribution in [0, 0.1) is 13.8 Å². The molecule has 0 saturated carbocycles. The number of carbonyl (C=O) groups excluding carboxylic acids is 3. The number of nitrogens with one attached hydrogen (secondary N) is 2. The van der Waals surface area contributed by atoms with Gasteiger partial charge in [0, 0.05) is 36.2 Å². The van der Waals surface area contributed by atoms with E-state index in [0.29, 0.717) is 47.7 Å². The third-order valence-electron chi connectivity index (χ3n) is 7.03. The van der Waals surface area contributed by atoms with Crippen molar-refractivity contribution >= 4 is 17.7 Å². The van der Waals surface area contributed by atoms with Crippen molar-refractivity contribution in [1.82, 2.24) is 20.7 Å². The van der Waals surface area contributed by atoms with Gasteiger partial charge in [0.15, 0.2) is 0 Å². The molecule has 192 valence electrons. The van der Waals surface area contributed by atoms with Crippen LogP contribution in [0.25, 0.3) is 11.3 Å². The monoisotopic (exact) mass is 502 g/mol. The largest absolute Gasteiger partial charge is 0.491 e. The number of ether oxygens (including phenoxy) is 1. The van der Waals surface area contributed by atoms with Crippen LogP contribution in [0.5, 0.6) is 5.75 Å². The number of rotatable bonds is 2. The zero-order valence-corrected chi connectivity index (χ0v) is 21.0. The van der Waals surface area contributed by atoms with Crippen LogP contribution in [0.3, 0.4) is 0 Å². The van der Waals surface area contributed by atoms with Crippen molar-refractivity contribution in [2.24, 2.45) is 0 Å². The van der Waals surface area contributed by atoms with E-state index in [0.717, 1.165) is 11.1 Å². The summed E-state index contributed by atoms with van der Waals surface area (Å²) in [5.41, 5.74) is 3.00. The number of nitrogens with zero attached hydrogens (tertiary/aromatic N) is 2. The van der Waals surface area contributed by atoms with E-state index in [4.69, 9.17) is 9.26 Å². The third-order valence-corrected chi connectivity index (χ3v) is 7.03. The van der Waals surface area contributed by atoms with E-state index in [-0.39, 0.29) is 49.4 Å². The minimum Gasteiger partial charge on any atom is -0.491 e. The predicted octanol–water partition coefficient (Wildman–Crippen LogP) is 3.26. The average molecular weight is 503 g/mol. The fraction of sp³-hybridized carbons (Fsp3) is 0.357. The molecule has 2 aromatic carbocycles. The summed E-state index contributed by atoms with van der Waals surface area (Å²) in [6.45, 7) is 4.47. The zero-order valence-electron chi connectivity index (χ0n) is 21.0. The van der Waals surface area contributed by atoms with Crippen LogP contribution in [0.4, 0.5) is 0 Å². The maximum Gasteiger partial charge on any atom is 0.260 e. The van der Waals surface area contributed by atoms with Gasteiger partial charge in [-0.2, -0.15) is 0 Å². The topological polar surface area (TPSA) is 114 Å². The lowest BCUT2D eigenvalue weighted by Gasteiger charge is -2.30. The molecular formula is C28H30N4O5. The smallest absolute Gasteiger partial charge is 0.260 e. The molecule has 2 aliphatic rings. The maximum atomic E-state index is 14.1. The van der Waals surface area contributed by atoms with Gasteiger partial charge in [-0.1, -0.05) is 41.6 Å². The Morgan fingerprint density at radius 1 is 1.00 bits per heavy atom. The highest BCUT2D eigenvalue weighted by Gasteiger charge is 2.40. The first-order chi connectivity index (χ1) is 17.9. The third kappa shape index (κ3) is 5.07. The molecule has 9 nitrogen and oxygen atoms in total. The maximum absolute atomic E-state index is 14.1. The molecule has 2 atom stereocenters.